The van der Waals surface area contributed by atoms with Crippen LogP contribution in [0.1, 0.15) is 36.6 Å². The van der Waals surface area contributed by atoms with E-state index in [0.717, 1.165) is 35.0 Å². The van der Waals surface area contributed by atoms with Gasteiger partial charge in [-0.15, -0.1) is 0 Å². The number of rotatable bonds is 3. The number of pyridine rings is 1. The Kier molecular flexibility index (Phi) is 5.26. The lowest BCUT2D eigenvalue weighted by Gasteiger charge is -2.22. The lowest BCUT2D eigenvalue weighted by atomic mass is 9.87. The van der Waals surface area contributed by atoms with Gasteiger partial charge in [-0.1, -0.05) is 34.6 Å². The van der Waals surface area contributed by atoms with Gasteiger partial charge in [0.2, 0.25) is 11.8 Å². The van der Waals surface area contributed by atoms with Crippen molar-refractivity contribution in [1.29, 1.82) is 5.26 Å². The largest absolute Gasteiger partial charge is 0.274 e. The quantitative estimate of drug-likeness (QED) is 0.646. The molecule has 2 aromatic rings. The molecule has 28 heavy (non-hydrogen) atoms. The van der Waals surface area contributed by atoms with Gasteiger partial charge >= 0.3 is 0 Å². The van der Waals surface area contributed by atoms with Crippen LogP contribution in [-0.2, 0) is 22.4 Å². The van der Waals surface area contributed by atoms with Gasteiger partial charge in [0, 0.05) is 16.6 Å². The van der Waals surface area contributed by atoms with E-state index in [2.05, 4.69) is 28.9 Å². The van der Waals surface area contributed by atoms with Gasteiger partial charge in [-0.05, 0) is 61.1 Å². The molecule has 0 bridgehead atoms. The average Bonchev–Trinajstić information content (AvgIpc) is 2.95. The van der Waals surface area contributed by atoms with E-state index in [1.165, 1.54) is 16.7 Å². The van der Waals surface area contributed by atoms with Crippen LogP contribution in [0.2, 0.25) is 0 Å². The van der Waals surface area contributed by atoms with Crippen molar-refractivity contribution in [3.05, 3.63) is 51.6 Å². The maximum absolute atomic E-state index is 12.9. The molecule has 0 spiro atoms. The molecule has 0 radical (unpaired) electrons. The summed E-state index contributed by atoms with van der Waals surface area (Å²) in [5, 5.41) is 9.56. The zero-order valence-electron chi connectivity index (χ0n) is 15.3. The number of aryl methyl sites for hydroxylation is 1. The number of nitriles is 1. The van der Waals surface area contributed by atoms with Crippen LogP contribution in [0.4, 0.5) is 5.69 Å². The van der Waals surface area contributed by atoms with E-state index in [0.29, 0.717) is 22.2 Å². The van der Waals surface area contributed by atoms with E-state index in [4.69, 9.17) is 4.98 Å². The molecule has 5 nitrogen and oxygen atoms in total. The van der Waals surface area contributed by atoms with Crippen LogP contribution in [0.5, 0.6) is 0 Å². The minimum absolute atomic E-state index is 0.111. The van der Waals surface area contributed by atoms with Crippen molar-refractivity contribution >= 4 is 45.2 Å². The van der Waals surface area contributed by atoms with Crippen molar-refractivity contribution < 1.29 is 9.59 Å². The molecule has 2 amide bonds. The summed E-state index contributed by atoms with van der Waals surface area (Å²) < 4.78 is 0.882. The fraction of sp³-hybridized carbons (Fsp3) is 0.333. The van der Waals surface area contributed by atoms with Gasteiger partial charge in [0.25, 0.3) is 0 Å². The second-order valence-electron chi connectivity index (χ2n) is 7.26. The van der Waals surface area contributed by atoms with E-state index >= 15 is 0 Å². The van der Waals surface area contributed by atoms with Crippen LogP contribution in [0.15, 0.2) is 39.8 Å². The number of aromatic nitrogens is 1. The highest BCUT2D eigenvalue weighted by Crippen LogP contribution is 2.36. The smallest absolute Gasteiger partial charge is 0.247 e. The van der Waals surface area contributed by atoms with E-state index in [-0.39, 0.29) is 18.2 Å². The molecule has 2 atom stereocenters. The van der Waals surface area contributed by atoms with Crippen LogP contribution in [-0.4, -0.2) is 22.0 Å². The standard InChI is InChI=1S/C21H18BrN3O2S/c1-12-2-7-17-13(8-12)9-14(11-23)20(24-17)28-18-10-19(26)25(21(18)27)16-5-3-15(22)4-6-16/h3-6,9,12,18H,2,7-8,10H2,1H3/t12-,18-/m1/s1. The van der Waals surface area contributed by atoms with E-state index < -0.39 is 5.25 Å². The first-order chi connectivity index (χ1) is 13.5. The number of thioether (sulfide) groups is 1. The van der Waals surface area contributed by atoms with Crippen LogP contribution in [0, 0.1) is 17.2 Å². The third kappa shape index (κ3) is 3.59. The number of imide groups is 1. The normalized spacial score (nSPS) is 21.5. The van der Waals surface area contributed by atoms with Crippen molar-refractivity contribution in [1.82, 2.24) is 4.98 Å². The van der Waals surface area contributed by atoms with Crippen LogP contribution in [0.25, 0.3) is 0 Å². The number of amides is 2. The molecule has 0 N–H and O–H groups in total. The van der Waals surface area contributed by atoms with Crippen LogP contribution >= 0.6 is 27.7 Å². The topological polar surface area (TPSA) is 74.1 Å². The van der Waals surface area contributed by atoms with E-state index in [1.54, 1.807) is 24.3 Å². The Hall–Kier alpha value is -2.17. The Balaban J connectivity index is 1.60. The molecule has 142 valence electrons. The van der Waals surface area contributed by atoms with Crippen molar-refractivity contribution in [2.45, 2.75) is 42.9 Å². The van der Waals surface area contributed by atoms with Gasteiger partial charge in [0.15, 0.2) is 0 Å². The maximum Gasteiger partial charge on any atom is 0.247 e. The monoisotopic (exact) mass is 455 g/mol. The zero-order chi connectivity index (χ0) is 19.8. The van der Waals surface area contributed by atoms with Gasteiger partial charge in [0.05, 0.1) is 16.5 Å². The van der Waals surface area contributed by atoms with Gasteiger partial charge < -0.3 is 0 Å². The Labute approximate surface area is 176 Å². The summed E-state index contributed by atoms with van der Waals surface area (Å²) in [6, 6.07) is 11.2. The summed E-state index contributed by atoms with van der Waals surface area (Å²) in [6.07, 6.45) is 3.01. The highest BCUT2D eigenvalue weighted by molar-refractivity contribution is 9.10. The minimum Gasteiger partial charge on any atom is -0.274 e. The van der Waals surface area contributed by atoms with Gasteiger partial charge in [-0.25, -0.2) is 9.88 Å². The zero-order valence-corrected chi connectivity index (χ0v) is 17.7. The van der Waals surface area contributed by atoms with Crippen LogP contribution in [0.3, 0.4) is 0 Å². The SMILES string of the molecule is C[C@@H]1CCc2nc(S[C@@H]3CC(=O)N(c4ccc(Br)cc4)C3=O)c(C#N)cc2C1. The molecule has 1 saturated heterocycles. The minimum atomic E-state index is -0.559. The van der Waals surface area contributed by atoms with Crippen LogP contribution < -0.4 is 4.90 Å². The molecule has 2 aliphatic rings. The molecular weight excluding hydrogens is 438 g/mol. The Morgan fingerprint density at radius 1 is 1.25 bits per heavy atom. The Bertz CT molecular complexity index is 1000. The number of benzene rings is 1. The van der Waals surface area contributed by atoms with Crippen molar-refractivity contribution in [3.63, 3.8) is 0 Å². The third-order valence-electron chi connectivity index (χ3n) is 5.16. The van der Waals surface area contributed by atoms with E-state index in [9.17, 15) is 14.9 Å². The Morgan fingerprint density at radius 3 is 2.71 bits per heavy atom. The molecule has 0 unspecified atom stereocenters. The summed E-state index contributed by atoms with van der Waals surface area (Å²) in [5.74, 6) is 0.109. The fourth-order valence-electron chi connectivity index (χ4n) is 3.69. The fourth-order valence-corrected chi connectivity index (χ4v) is 5.05. The first-order valence-electron chi connectivity index (χ1n) is 9.18. The predicted octanol–water partition coefficient (Wildman–Crippen LogP) is 4.26. The molecule has 1 fully saturated rings. The molecule has 1 aromatic heterocycles. The lowest BCUT2D eigenvalue weighted by Crippen LogP contribution is -2.31. The Morgan fingerprint density at radius 2 is 2.00 bits per heavy atom. The predicted molar refractivity (Wildman–Crippen MR) is 111 cm³/mol. The maximum atomic E-state index is 12.9. The molecule has 1 aromatic carbocycles. The number of halogens is 1. The molecule has 4 rings (SSSR count). The summed E-state index contributed by atoms with van der Waals surface area (Å²) in [5.41, 5.74) is 3.19. The number of carbonyl (C=O) groups is 2. The first-order valence-corrected chi connectivity index (χ1v) is 10.9. The highest BCUT2D eigenvalue weighted by Gasteiger charge is 2.40. The number of carbonyl (C=O) groups excluding carboxylic acids is 2. The highest BCUT2D eigenvalue weighted by atomic mass is 79.9. The summed E-state index contributed by atoms with van der Waals surface area (Å²) in [6.45, 7) is 2.21. The van der Waals surface area contributed by atoms with Gasteiger partial charge in [-0.2, -0.15) is 5.26 Å². The molecule has 1 aliphatic heterocycles. The molecule has 1 aliphatic carbocycles. The number of hydrogen-bond donors (Lipinski definition) is 0. The lowest BCUT2D eigenvalue weighted by molar-refractivity contribution is -0.121. The summed E-state index contributed by atoms with van der Waals surface area (Å²) in [7, 11) is 0. The number of anilines is 1. The van der Waals surface area contributed by atoms with Gasteiger partial charge in [0.1, 0.15) is 11.1 Å². The summed E-state index contributed by atoms with van der Waals surface area (Å²) >= 11 is 4.59. The van der Waals surface area contributed by atoms with Gasteiger partial charge in [-0.3, -0.25) is 9.59 Å². The molecule has 7 heteroatoms. The van der Waals surface area contributed by atoms with Crippen molar-refractivity contribution in [3.8, 4) is 6.07 Å². The molecule has 2 heterocycles. The second-order valence-corrected chi connectivity index (χ2v) is 9.37. The number of hydrogen-bond acceptors (Lipinski definition) is 5. The first kappa shape index (κ1) is 19.2. The van der Waals surface area contributed by atoms with Crippen molar-refractivity contribution in [2.24, 2.45) is 5.92 Å². The second kappa shape index (κ2) is 7.69. The molecular formula is C21H18BrN3O2S. The number of nitrogens with zero attached hydrogens (tertiary/aromatic N) is 3. The van der Waals surface area contributed by atoms with Crippen molar-refractivity contribution in [2.75, 3.05) is 4.90 Å². The average molecular weight is 456 g/mol. The summed E-state index contributed by atoms with van der Waals surface area (Å²) in [4.78, 5) is 31.3. The number of fused-ring (bicyclic) bond motifs is 1. The third-order valence-corrected chi connectivity index (χ3v) is 6.88. The molecule has 0 saturated carbocycles. The van der Waals surface area contributed by atoms with E-state index in [1.807, 2.05) is 6.07 Å².